The van der Waals surface area contributed by atoms with E-state index in [2.05, 4.69) is 27.2 Å². The summed E-state index contributed by atoms with van der Waals surface area (Å²) < 4.78 is 29.7. The maximum Gasteiger partial charge on any atom is 0.146 e. The van der Waals surface area contributed by atoms with E-state index in [1.165, 1.54) is 24.4 Å². The van der Waals surface area contributed by atoms with Gasteiger partial charge in [0.25, 0.3) is 0 Å². The number of nitrogens with two attached hydrogens (primary N) is 1. The van der Waals surface area contributed by atoms with Crippen molar-refractivity contribution in [2.75, 3.05) is 18.8 Å². The van der Waals surface area contributed by atoms with E-state index in [0.29, 0.717) is 42.2 Å². The van der Waals surface area contributed by atoms with E-state index in [-0.39, 0.29) is 16.4 Å². The van der Waals surface area contributed by atoms with Crippen molar-refractivity contribution in [3.8, 4) is 11.4 Å². The third-order valence-corrected chi connectivity index (χ3v) is 6.13. The summed E-state index contributed by atoms with van der Waals surface area (Å²) in [5.74, 6) is 0.732. The second kappa shape index (κ2) is 10.8. The van der Waals surface area contributed by atoms with Crippen LogP contribution in [0.4, 0.5) is 14.6 Å². The van der Waals surface area contributed by atoms with Crippen LogP contribution in [0.1, 0.15) is 24.1 Å². The number of nitrogen functional groups attached to an aromatic ring is 1. The van der Waals surface area contributed by atoms with Gasteiger partial charge in [0.2, 0.25) is 0 Å². The third kappa shape index (κ3) is 5.63. The molecular weight excluding hydrogens is 458 g/mol. The number of hydrogen-bond acceptors (Lipinski definition) is 5. The zero-order chi connectivity index (χ0) is 24.1. The molecule has 0 bridgehead atoms. The fraction of sp³-hybridized carbons (Fsp3) is 0.280. The van der Waals surface area contributed by atoms with Crippen LogP contribution in [0.25, 0.3) is 11.4 Å². The Morgan fingerprint density at radius 1 is 1.29 bits per heavy atom. The fourth-order valence-electron chi connectivity index (χ4n) is 4.00. The average Bonchev–Trinajstić information content (AvgIpc) is 3.13. The molecule has 1 aliphatic rings. The Morgan fingerprint density at radius 2 is 2.09 bits per heavy atom. The summed E-state index contributed by atoms with van der Waals surface area (Å²) in [6.45, 7) is 6.77. The molecule has 4 N–H and O–H groups in total. The number of imidazole rings is 1. The van der Waals surface area contributed by atoms with E-state index in [0.717, 1.165) is 31.5 Å². The van der Waals surface area contributed by atoms with Gasteiger partial charge in [-0.15, -0.1) is 0 Å². The van der Waals surface area contributed by atoms with Crippen molar-refractivity contribution in [3.63, 3.8) is 0 Å². The highest BCUT2D eigenvalue weighted by Gasteiger charge is 2.23. The molecule has 0 radical (unpaired) electrons. The molecule has 1 aliphatic heterocycles. The number of nitrogens with zero attached hydrogens (tertiary/aromatic N) is 3. The van der Waals surface area contributed by atoms with Crippen LogP contribution in [0.3, 0.4) is 0 Å². The summed E-state index contributed by atoms with van der Waals surface area (Å²) in [6.07, 6.45) is 3.62. The Balaban J connectivity index is 1.58. The molecule has 2 aromatic carbocycles. The third-order valence-electron chi connectivity index (χ3n) is 5.81. The van der Waals surface area contributed by atoms with Crippen molar-refractivity contribution in [3.05, 3.63) is 82.8 Å². The summed E-state index contributed by atoms with van der Waals surface area (Å²) >= 11 is 6.35. The number of benzene rings is 2. The second-order valence-corrected chi connectivity index (χ2v) is 8.72. The summed E-state index contributed by atoms with van der Waals surface area (Å²) in [5, 5.41) is 6.72. The number of hydrogen-bond donors (Lipinski definition) is 3. The quantitative estimate of drug-likeness (QED) is 0.403. The van der Waals surface area contributed by atoms with Gasteiger partial charge in [0.1, 0.15) is 34.8 Å². The van der Waals surface area contributed by atoms with Gasteiger partial charge in [-0.05, 0) is 61.7 Å². The Bertz CT molecular complexity index is 1160. The van der Waals surface area contributed by atoms with Gasteiger partial charge in [-0.2, -0.15) is 0 Å². The Hall–Kier alpha value is -3.23. The van der Waals surface area contributed by atoms with Gasteiger partial charge in [0, 0.05) is 13.1 Å². The minimum absolute atomic E-state index is 0.215. The molecule has 178 valence electrons. The normalized spacial score (nSPS) is 16.1. The van der Waals surface area contributed by atoms with Crippen LogP contribution < -0.4 is 16.4 Å². The monoisotopic (exact) mass is 484 g/mol. The van der Waals surface area contributed by atoms with Gasteiger partial charge in [-0.1, -0.05) is 36.4 Å². The maximum atomic E-state index is 14.8. The lowest BCUT2D eigenvalue weighted by atomic mass is 9.99. The molecule has 1 aromatic heterocycles. The Labute approximate surface area is 202 Å². The van der Waals surface area contributed by atoms with Crippen LogP contribution >= 0.6 is 11.6 Å². The van der Waals surface area contributed by atoms with Gasteiger partial charge in [-0.25, -0.2) is 18.8 Å². The molecule has 0 saturated carbocycles. The van der Waals surface area contributed by atoms with Gasteiger partial charge in [-0.3, -0.25) is 0 Å². The molecule has 3 aromatic rings. The van der Waals surface area contributed by atoms with Gasteiger partial charge in [0.15, 0.2) is 0 Å². The predicted octanol–water partition coefficient (Wildman–Crippen LogP) is 4.74. The van der Waals surface area contributed by atoms with E-state index in [1.54, 1.807) is 24.3 Å². The van der Waals surface area contributed by atoms with E-state index in [1.807, 2.05) is 4.57 Å². The number of nitrogens with one attached hydrogen (secondary N) is 2. The number of rotatable bonds is 8. The topological polar surface area (TPSA) is 80.3 Å². The molecule has 0 spiro atoms. The highest BCUT2D eigenvalue weighted by Crippen LogP contribution is 2.33. The van der Waals surface area contributed by atoms with Gasteiger partial charge in [0.05, 0.1) is 16.8 Å². The summed E-state index contributed by atoms with van der Waals surface area (Å²) in [5.41, 5.74) is 7.97. The molecule has 0 aliphatic carbocycles. The first-order valence-electron chi connectivity index (χ1n) is 11.1. The first-order chi connectivity index (χ1) is 16.4. The van der Waals surface area contributed by atoms with E-state index in [9.17, 15) is 8.78 Å². The zero-order valence-corrected chi connectivity index (χ0v) is 19.5. The number of aliphatic imine (C=N–C) groups is 1. The average molecular weight is 485 g/mol. The summed E-state index contributed by atoms with van der Waals surface area (Å²) in [4.78, 5) is 8.93. The fourth-order valence-corrected chi connectivity index (χ4v) is 4.24. The standard InChI is InChI=1S/C25H27ClF2N6/c1-16(31-13-17-7-9-19(27)10-8-17)32-14-22-24(29)34(15-18-4-3-11-30-12-18)25(33-22)23-20(26)5-2-6-21(23)28/h2,5-10,14,18,30-31H,1,3-4,11-13,15,29H2/t18-/m1/s1. The molecule has 9 heteroatoms. The van der Waals surface area contributed by atoms with Crippen molar-refractivity contribution in [1.82, 2.24) is 20.2 Å². The van der Waals surface area contributed by atoms with Gasteiger partial charge < -0.3 is 20.9 Å². The largest absolute Gasteiger partial charge is 0.383 e. The lowest BCUT2D eigenvalue weighted by molar-refractivity contribution is 0.339. The van der Waals surface area contributed by atoms with Gasteiger partial charge >= 0.3 is 0 Å². The van der Waals surface area contributed by atoms with Crippen molar-refractivity contribution in [2.24, 2.45) is 10.9 Å². The molecule has 0 unspecified atom stereocenters. The number of aromatic nitrogens is 2. The molecule has 1 atom stereocenters. The predicted molar refractivity (Wildman–Crippen MR) is 133 cm³/mol. The van der Waals surface area contributed by atoms with Crippen LogP contribution in [-0.2, 0) is 13.1 Å². The number of piperidine rings is 1. The van der Waals surface area contributed by atoms with Crippen LogP contribution in [-0.4, -0.2) is 28.9 Å². The van der Waals surface area contributed by atoms with Crippen LogP contribution in [0, 0.1) is 17.6 Å². The first kappa shape index (κ1) is 23.9. The smallest absolute Gasteiger partial charge is 0.146 e. The lowest BCUT2D eigenvalue weighted by Crippen LogP contribution is -2.32. The number of halogens is 3. The van der Waals surface area contributed by atoms with Crippen molar-refractivity contribution in [1.29, 1.82) is 0 Å². The molecule has 6 nitrogen and oxygen atoms in total. The first-order valence-corrected chi connectivity index (χ1v) is 11.5. The van der Waals surface area contributed by atoms with E-state index < -0.39 is 5.82 Å². The number of anilines is 1. The molecular formula is C25H27ClF2N6. The summed E-state index contributed by atoms with van der Waals surface area (Å²) in [6, 6.07) is 10.7. The summed E-state index contributed by atoms with van der Waals surface area (Å²) in [7, 11) is 0. The highest BCUT2D eigenvalue weighted by molar-refractivity contribution is 6.33. The SMILES string of the molecule is C=C(N=Cc1nc(-c2c(F)cccc2Cl)n(C[C@@H]2CCCNC2)c1N)NCc1ccc(F)cc1. The molecule has 0 amide bonds. The Kier molecular flexibility index (Phi) is 7.59. The zero-order valence-electron chi connectivity index (χ0n) is 18.7. The molecule has 34 heavy (non-hydrogen) atoms. The second-order valence-electron chi connectivity index (χ2n) is 8.31. The van der Waals surface area contributed by atoms with Crippen molar-refractivity contribution in [2.45, 2.75) is 25.9 Å². The maximum absolute atomic E-state index is 14.8. The van der Waals surface area contributed by atoms with E-state index >= 15 is 0 Å². The van der Waals surface area contributed by atoms with E-state index in [4.69, 9.17) is 17.3 Å². The molecule has 4 rings (SSSR count). The van der Waals surface area contributed by atoms with Crippen LogP contribution in [0.2, 0.25) is 5.02 Å². The Morgan fingerprint density at radius 3 is 2.79 bits per heavy atom. The minimum atomic E-state index is -0.464. The van der Waals surface area contributed by atoms with Crippen molar-refractivity contribution >= 4 is 23.6 Å². The molecule has 1 saturated heterocycles. The minimum Gasteiger partial charge on any atom is -0.383 e. The van der Waals surface area contributed by atoms with Crippen LogP contribution in [0.15, 0.2) is 59.9 Å². The molecule has 2 heterocycles. The lowest BCUT2D eigenvalue weighted by Gasteiger charge is -2.24. The molecule has 1 fully saturated rings. The van der Waals surface area contributed by atoms with Crippen LogP contribution in [0.5, 0.6) is 0 Å². The van der Waals surface area contributed by atoms with Crippen molar-refractivity contribution < 1.29 is 8.78 Å². The highest BCUT2D eigenvalue weighted by atomic mass is 35.5.